The quantitative estimate of drug-likeness (QED) is 0.163. The number of hydrogen-bond acceptors (Lipinski definition) is 4. The Morgan fingerprint density at radius 1 is 0.567 bits per heavy atom. The highest BCUT2D eigenvalue weighted by Gasteiger charge is 2.51. The minimum Gasteiger partial charge on any atom is -0.456 e. The summed E-state index contributed by atoms with van der Waals surface area (Å²) in [5.74, 6) is 0. The zero-order chi connectivity index (χ0) is 40.2. The molecular formula is C55H41BN2OS. The molecule has 0 radical (unpaired) electrons. The van der Waals surface area contributed by atoms with Crippen molar-refractivity contribution in [3.63, 3.8) is 0 Å². The zero-order valence-electron chi connectivity index (χ0n) is 34.3. The maximum absolute atomic E-state index is 6.79. The van der Waals surface area contributed by atoms with Crippen LogP contribution in [0.15, 0.2) is 162 Å². The molecule has 3 nitrogen and oxygen atoms in total. The molecule has 5 heteroatoms. The normalized spacial score (nSPS) is 14.8. The predicted octanol–water partition coefficient (Wildman–Crippen LogP) is 14.3. The van der Waals surface area contributed by atoms with Crippen molar-refractivity contribution in [3.8, 4) is 22.3 Å². The molecule has 0 spiro atoms. The first-order valence-electron chi connectivity index (χ1n) is 21.1. The summed E-state index contributed by atoms with van der Waals surface area (Å²) in [6.07, 6.45) is 0. The van der Waals surface area contributed by atoms with Crippen LogP contribution in [0.3, 0.4) is 0 Å². The van der Waals surface area contributed by atoms with E-state index < -0.39 is 0 Å². The van der Waals surface area contributed by atoms with Crippen LogP contribution in [0.25, 0.3) is 64.4 Å². The standard InChI is InChI=1S/C55H41BN2OS/c1-54(2,3)33-26-27-41(37(30-33)32-16-7-6-8-17-32)57-43-28-29-46-48(35-19-9-13-24-45(35)59-46)50(43)56-51-44(57)31-38-34-18-10-14-25-47(34)60-53(38)49(51)36-20-15-22-40-52(36)58(56)42-23-12-11-21-39(42)55(40,4)5/h6-31H,1-5H3. The first-order valence-corrected chi connectivity index (χ1v) is 21.9. The number of benzene rings is 8. The van der Waals surface area contributed by atoms with Crippen LogP contribution in [0.5, 0.6) is 0 Å². The number of rotatable bonds is 2. The fourth-order valence-electron chi connectivity index (χ4n) is 11.0. The first-order chi connectivity index (χ1) is 29.2. The number of hydrogen-bond donors (Lipinski definition) is 0. The van der Waals surface area contributed by atoms with E-state index in [-0.39, 0.29) is 17.7 Å². The molecule has 3 aliphatic heterocycles. The Hall–Kier alpha value is -6.56. The first kappa shape index (κ1) is 34.3. The minimum absolute atomic E-state index is 0.0284. The summed E-state index contributed by atoms with van der Waals surface area (Å²) in [6, 6.07) is 59.1. The van der Waals surface area contributed by atoms with Gasteiger partial charge >= 0.3 is 6.85 Å². The van der Waals surface area contributed by atoms with Crippen LogP contribution in [-0.2, 0) is 10.8 Å². The Bertz CT molecular complexity index is 3480. The number of para-hydroxylation sites is 3. The van der Waals surface area contributed by atoms with Crippen molar-refractivity contribution in [3.05, 3.63) is 174 Å². The van der Waals surface area contributed by atoms with E-state index in [2.05, 4.69) is 202 Å². The van der Waals surface area contributed by atoms with Gasteiger partial charge in [-0.3, -0.25) is 0 Å². The number of anilines is 5. The van der Waals surface area contributed by atoms with E-state index >= 15 is 0 Å². The maximum Gasteiger partial charge on any atom is 0.333 e. The second kappa shape index (κ2) is 11.8. The second-order valence-corrected chi connectivity index (χ2v) is 19.5. The van der Waals surface area contributed by atoms with Crippen molar-refractivity contribution in [1.82, 2.24) is 0 Å². The van der Waals surface area contributed by atoms with Crippen LogP contribution >= 0.6 is 11.3 Å². The lowest BCUT2D eigenvalue weighted by Gasteiger charge is -2.51. The topological polar surface area (TPSA) is 19.6 Å². The van der Waals surface area contributed by atoms with Gasteiger partial charge in [-0.2, -0.15) is 0 Å². The summed E-state index contributed by atoms with van der Waals surface area (Å²) in [5.41, 5.74) is 19.5. The van der Waals surface area contributed by atoms with Crippen LogP contribution in [-0.4, -0.2) is 6.85 Å². The Morgan fingerprint density at radius 2 is 1.30 bits per heavy atom. The third kappa shape index (κ3) is 4.40. The van der Waals surface area contributed by atoms with E-state index in [1.165, 1.54) is 104 Å². The summed E-state index contributed by atoms with van der Waals surface area (Å²) in [6.45, 7) is 11.6. The fourth-order valence-corrected chi connectivity index (χ4v) is 12.2. The molecule has 2 aromatic heterocycles. The summed E-state index contributed by atoms with van der Waals surface area (Å²) in [7, 11) is 0. The molecule has 3 aliphatic rings. The van der Waals surface area contributed by atoms with E-state index in [1.807, 2.05) is 11.3 Å². The molecule has 0 atom stereocenters. The molecule has 60 heavy (non-hydrogen) atoms. The number of thiophene rings is 1. The lowest BCUT2D eigenvalue weighted by Crippen LogP contribution is -2.63. The average Bonchev–Trinajstić information content (AvgIpc) is 3.84. The van der Waals surface area contributed by atoms with Crippen LogP contribution in [0.2, 0.25) is 0 Å². The van der Waals surface area contributed by atoms with Crippen molar-refractivity contribution in [1.29, 1.82) is 0 Å². The van der Waals surface area contributed by atoms with Crippen molar-refractivity contribution in [2.24, 2.45) is 0 Å². The highest BCUT2D eigenvalue weighted by atomic mass is 32.1. The van der Waals surface area contributed by atoms with Crippen molar-refractivity contribution in [2.45, 2.75) is 45.4 Å². The number of fused-ring (bicyclic) bond motifs is 14. The van der Waals surface area contributed by atoms with E-state index in [4.69, 9.17) is 4.42 Å². The van der Waals surface area contributed by atoms with E-state index in [1.54, 1.807) is 0 Å². The number of nitrogens with zero attached hydrogens (tertiary/aromatic N) is 2. The van der Waals surface area contributed by atoms with Gasteiger partial charge in [0.2, 0.25) is 0 Å². The van der Waals surface area contributed by atoms with Gasteiger partial charge in [0.15, 0.2) is 0 Å². The molecular weight excluding hydrogens is 747 g/mol. The van der Waals surface area contributed by atoms with E-state index in [9.17, 15) is 0 Å². The van der Waals surface area contributed by atoms with E-state index in [0.29, 0.717) is 0 Å². The third-order valence-corrected chi connectivity index (χ3v) is 15.0. The summed E-state index contributed by atoms with van der Waals surface area (Å²) < 4.78 is 9.45. The maximum atomic E-state index is 6.79. The molecule has 0 N–H and O–H groups in total. The van der Waals surface area contributed by atoms with Crippen molar-refractivity contribution in [2.75, 3.05) is 9.71 Å². The van der Waals surface area contributed by atoms with Gasteiger partial charge < -0.3 is 14.1 Å². The Kier molecular flexibility index (Phi) is 6.75. The van der Waals surface area contributed by atoms with Crippen molar-refractivity contribution < 1.29 is 4.42 Å². The van der Waals surface area contributed by atoms with Gasteiger partial charge in [0, 0.05) is 75.8 Å². The van der Waals surface area contributed by atoms with Crippen molar-refractivity contribution >= 4 is 99.7 Å². The number of furan rings is 1. The molecule has 8 aromatic carbocycles. The highest BCUT2D eigenvalue weighted by Crippen LogP contribution is 2.58. The molecule has 0 bridgehead atoms. The molecule has 0 saturated heterocycles. The van der Waals surface area contributed by atoms with Crippen LogP contribution in [0, 0.1) is 0 Å². The van der Waals surface area contributed by atoms with Gasteiger partial charge in [0.1, 0.15) is 11.2 Å². The molecule has 0 amide bonds. The highest BCUT2D eigenvalue weighted by molar-refractivity contribution is 7.26. The Labute approximate surface area is 354 Å². The molecule has 0 aliphatic carbocycles. The van der Waals surface area contributed by atoms with Gasteiger partial charge in [0.05, 0.1) is 5.69 Å². The zero-order valence-corrected chi connectivity index (χ0v) is 35.1. The SMILES string of the molecule is CC(C)(C)c1ccc(N2c3cc4c(sc5ccccc54)c4c3B(c3c2ccc2oc5ccccc5c32)N2c3ccccc3C(C)(C)c3cccc-4c32)c(-c2ccccc2)c1. The summed E-state index contributed by atoms with van der Waals surface area (Å²) >= 11 is 1.94. The van der Waals surface area contributed by atoms with Gasteiger partial charge in [0.25, 0.3) is 0 Å². The largest absolute Gasteiger partial charge is 0.456 e. The lowest BCUT2D eigenvalue weighted by atomic mass is 9.41. The predicted molar refractivity (Wildman–Crippen MR) is 257 cm³/mol. The Balaban J connectivity index is 1.26. The van der Waals surface area contributed by atoms with Gasteiger partial charge in [-0.1, -0.05) is 144 Å². The molecule has 0 unspecified atom stereocenters. The van der Waals surface area contributed by atoms with Gasteiger partial charge in [-0.25, -0.2) is 0 Å². The molecule has 10 aromatic rings. The molecule has 5 heterocycles. The van der Waals surface area contributed by atoms with Crippen LogP contribution < -0.4 is 20.6 Å². The molecule has 286 valence electrons. The second-order valence-electron chi connectivity index (χ2n) is 18.4. The average molecular weight is 789 g/mol. The van der Waals surface area contributed by atoms with Crippen LogP contribution in [0.1, 0.15) is 51.3 Å². The lowest BCUT2D eigenvalue weighted by molar-refractivity contribution is 0.590. The third-order valence-electron chi connectivity index (χ3n) is 13.8. The van der Waals surface area contributed by atoms with Crippen LogP contribution in [0.4, 0.5) is 28.4 Å². The summed E-state index contributed by atoms with van der Waals surface area (Å²) in [5, 5.41) is 4.94. The summed E-state index contributed by atoms with van der Waals surface area (Å²) in [4.78, 5) is 5.33. The molecule has 0 fully saturated rings. The fraction of sp³-hybridized carbons (Fsp3) is 0.127. The molecule has 0 saturated carbocycles. The smallest absolute Gasteiger partial charge is 0.333 e. The van der Waals surface area contributed by atoms with Gasteiger partial charge in [-0.05, 0) is 87.1 Å². The molecule has 13 rings (SSSR count). The van der Waals surface area contributed by atoms with Gasteiger partial charge in [-0.15, -0.1) is 11.3 Å². The minimum atomic E-state index is -0.204. The monoisotopic (exact) mass is 788 g/mol. The van der Waals surface area contributed by atoms with E-state index in [0.717, 1.165) is 16.6 Å². The Morgan fingerprint density at radius 3 is 2.15 bits per heavy atom.